The van der Waals surface area contributed by atoms with Crippen LogP contribution < -0.4 is 5.32 Å². The maximum Gasteiger partial charge on any atom is 0.255 e. The summed E-state index contributed by atoms with van der Waals surface area (Å²) in [5, 5.41) is 2.86. The van der Waals surface area contributed by atoms with Crippen LogP contribution in [0.1, 0.15) is 41.3 Å². The number of hydrogen-bond donors (Lipinski definition) is 1. The second-order valence-electron chi connectivity index (χ2n) is 3.84. The van der Waals surface area contributed by atoms with Gasteiger partial charge < -0.3 is 9.73 Å². The normalized spacial score (nSPS) is 10.7. The average Bonchev–Trinajstić information content (AvgIpc) is 2.25. The SMILES string of the molecule is Cc1oc(C)c(C(=O)NC(C)C)c1C. The minimum absolute atomic E-state index is 0.0492. The van der Waals surface area contributed by atoms with Crippen molar-refractivity contribution in [2.45, 2.75) is 40.7 Å². The van der Waals surface area contributed by atoms with Gasteiger partial charge in [-0.3, -0.25) is 4.79 Å². The molecule has 0 atom stereocenters. The van der Waals surface area contributed by atoms with Crippen molar-refractivity contribution in [3.63, 3.8) is 0 Å². The molecule has 0 unspecified atom stereocenters. The summed E-state index contributed by atoms with van der Waals surface area (Å²) in [6.45, 7) is 9.47. The topological polar surface area (TPSA) is 42.2 Å². The first kappa shape index (κ1) is 10.8. The molecule has 0 aromatic carbocycles. The van der Waals surface area contributed by atoms with Gasteiger partial charge in [0.05, 0.1) is 5.56 Å². The molecule has 1 N–H and O–H groups in total. The third-order valence-corrected chi connectivity index (χ3v) is 2.21. The Morgan fingerprint density at radius 2 is 1.79 bits per heavy atom. The number of rotatable bonds is 2. The van der Waals surface area contributed by atoms with E-state index in [1.807, 2.05) is 34.6 Å². The Hall–Kier alpha value is -1.25. The Kier molecular flexibility index (Phi) is 2.99. The van der Waals surface area contributed by atoms with Crippen LogP contribution in [0.5, 0.6) is 0 Å². The summed E-state index contributed by atoms with van der Waals surface area (Å²) in [6.07, 6.45) is 0. The lowest BCUT2D eigenvalue weighted by Crippen LogP contribution is -2.30. The van der Waals surface area contributed by atoms with Crippen LogP contribution in [0.4, 0.5) is 0 Å². The molecule has 1 rings (SSSR count). The van der Waals surface area contributed by atoms with Crippen LogP contribution in [0.3, 0.4) is 0 Å². The summed E-state index contributed by atoms with van der Waals surface area (Å²) in [7, 11) is 0. The van der Waals surface area contributed by atoms with Gasteiger partial charge in [-0.2, -0.15) is 0 Å². The quantitative estimate of drug-likeness (QED) is 0.787. The molecule has 0 bridgehead atoms. The number of aryl methyl sites for hydroxylation is 2. The van der Waals surface area contributed by atoms with Crippen LogP contribution in [-0.2, 0) is 0 Å². The van der Waals surface area contributed by atoms with Crippen molar-refractivity contribution in [3.05, 3.63) is 22.6 Å². The summed E-state index contributed by atoms with van der Waals surface area (Å²) in [4.78, 5) is 11.7. The van der Waals surface area contributed by atoms with Gasteiger partial charge in [-0.1, -0.05) is 0 Å². The van der Waals surface area contributed by atoms with Crippen molar-refractivity contribution in [1.82, 2.24) is 5.32 Å². The number of carbonyl (C=O) groups is 1. The fourth-order valence-corrected chi connectivity index (χ4v) is 1.46. The molecule has 0 saturated carbocycles. The number of amides is 1. The number of hydrogen-bond acceptors (Lipinski definition) is 2. The molecule has 3 nitrogen and oxygen atoms in total. The second-order valence-corrected chi connectivity index (χ2v) is 3.84. The van der Waals surface area contributed by atoms with E-state index in [0.717, 1.165) is 11.3 Å². The molecule has 78 valence electrons. The van der Waals surface area contributed by atoms with E-state index in [1.54, 1.807) is 0 Å². The zero-order valence-electron chi connectivity index (χ0n) is 9.39. The van der Waals surface area contributed by atoms with Gasteiger partial charge in [-0.15, -0.1) is 0 Å². The smallest absolute Gasteiger partial charge is 0.255 e. The zero-order chi connectivity index (χ0) is 10.9. The van der Waals surface area contributed by atoms with Crippen LogP contribution in [0.15, 0.2) is 4.42 Å². The predicted molar refractivity (Wildman–Crippen MR) is 55.5 cm³/mol. The van der Waals surface area contributed by atoms with Gasteiger partial charge in [-0.05, 0) is 34.6 Å². The van der Waals surface area contributed by atoms with Crippen LogP contribution in [0.2, 0.25) is 0 Å². The maximum atomic E-state index is 11.7. The van der Waals surface area contributed by atoms with E-state index in [-0.39, 0.29) is 11.9 Å². The van der Waals surface area contributed by atoms with E-state index in [4.69, 9.17) is 4.42 Å². The summed E-state index contributed by atoms with van der Waals surface area (Å²) in [5.74, 6) is 1.46. The summed E-state index contributed by atoms with van der Waals surface area (Å²) in [6, 6.07) is 0.150. The third kappa shape index (κ3) is 1.97. The molecule has 1 amide bonds. The minimum Gasteiger partial charge on any atom is -0.466 e. The van der Waals surface area contributed by atoms with Crippen molar-refractivity contribution in [2.24, 2.45) is 0 Å². The molecule has 0 aliphatic heterocycles. The van der Waals surface area contributed by atoms with Gasteiger partial charge >= 0.3 is 0 Å². The Balaban J connectivity index is 3.00. The lowest BCUT2D eigenvalue weighted by atomic mass is 10.1. The van der Waals surface area contributed by atoms with Gasteiger partial charge in [0.15, 0.2) is 0 Å². The molecule has 1 aromatic heterocycles. The molecular formula is C11H17NO2. The largest absolute Gasteiger partial charge is 0.466 e. The van der Waals surface area contributed by atoms with E-state index in [2.05, 4.69) is 5.32 Å². The Morgan fingerprint density at radius 3 is 2.14 bits per heavy atom. The van der Waals surface area contributed by atoms with E-state index in [0.29, 0.717) is 11.3 Å². The van der Waals surface area contributed by atoms with E-state index in [1.165, 1.54) is 0 Å². The van der Waals surface area contributed by atoms with Gasteiger partial charge in [-0.25, -0.2) is 0 Å². The fourth-order valence-electron chi connectivity index (χ4n) is 1.46. The van der Waals surface area contributed by atoms with Crippen molar-refractivity contribution >= 4 is 5.91 Å². The molecule has 1 aromatic rings. The van der Waals surface area contributed by atoms with Gasteiger partial charge in [0.2, 0.25) is 0 Å². The monoisotopic (exact) mass is 195 g/mol. The lowest BCUT2D eigenvalue weighted by molar-refractivity contribution is 0.0941. The first-order chi connectivity index (χ1) is 6.43. The van der Waals surface area contributed by atoms with Crippen molar-refractivity contribution < 1.29 is 9.21 Å². The van der Waals surface area contributed by atoms with Crippen molar-refractivity contribution in [2.75, 3.05) is 0 Å². The van der Waals surface area contributed by atoms with Gasteiger partial charge in [0, 0.05) is 11.6 Å². The highest BCUT2D eigenvalue weighted by Gasteiger charge is 2.18. The number of furan rings is 1. The van der Waals surface area contributed by atoms with Gasteiger partial charge in [0.1, 0.15) is 11.5 Å². The lowest BCUT2D eigenvalue weighted by Gasteiger charge is -2.07. The Bertz CT molecular complexity index is 350. The summed E-state index contributed by atoms with van der Waals surface area (Å²) < 4.78 is 5.39. The highest BCUT2D eigenvalue weighted by Crippen LogP contribution is 2.20. The minimum atomic E-state index is -0.0492. The molecule has 0 aliphatic rings. The van der Waals surface area contributed by atoms with Crippen molar-refractivity contribution in [1.29, 1.82) is 0 Å². The molecule has 0 radical (unpaired) electrons. The highest BCUT2D eigenvalue weighted by molar-refractivity contribution is 5.96. The Morgan fingerprint density at radius 1 is 1.21 bits per heavy atom. The van der Waals surface area contributed by atoms with E-state index >= 15 is 0 Å². The Labute approximate surface area is 84.5 Å². The van der Waals surface area contributed by atoms with Gasteiger partial charge in [0.25, 0.3) is 5.91 Å². The van der Waals surface area contributed by atoms with E-state index < -0.39 is 0 Å². The second kappa shape index (κ2) is 3.86. The molecule has 0 aliphatic carbocycles. The average molecular weight is 195 g/mol. The molecule has 0 saturated heterocycles. The van der Waals surface area contributed by atoms with Crippen LogP contribution in [0, 0.1) is 20.8 Å². The molecule has 3 heteroatoms. The third-order valence-electron chi connectivity index (χ3n) is 2.21. The molecule has 0 fully saturated rings. The number of carbonyl (C=O) groups excluding carboxylic acids is 1. The standard InChI is InChI=1S/C11H17NO2/c1-6(2)12-11(13)10-7(3)8(4)14-9(10)5/h6H,1-5H3,(H,12,13). The summed E-state index contributed by atoms with van der Waals surface area (Å²) >= 11 is 0. The summed E-state index contributed by atoms with van der Waals surface area (Å²) in [5.41, 5.74) is 1.61. The van der Waals surface area contributed by atoms with Crippen LogP contribution >= 0.6 is 0 Å². The van der Waals surface area contributed by atoms with Crippen LogP contribution in [-0.4, -0.2) is 11.9 Å². The number of nitrogens with one attached hydrogen (secondary N) is 1. The predicted octanol–water partition coefficient (Wildman–Crippen LogP) is 2.34. The van der Waals surface area contributed by atoms with E-state index in [9.17, 15) is 4.79 Å². The molecule has 14 heavy (non-hydrogen) atoms. The first-order valence-electron chi connectivity index (χ1n) is 4.81. The zero-order valence-corrected chi connectivity index (χ0v) is 9.39. The highest BCUT2D eigenvalue weighted by atomic mass is 16.3. The molecular weight excluding hydrogens is 178 g/mol. The maximum absolute atomic E-state index is 11.7. The van der Waals surface area contributed by atoms with Crippen molar-refractivity contribution in [3.8, 4) is 0 Å². The molecule has 0 spiro atoms. The first-order valence-corrected chi connectivity index (χ1v) is 4.81. The van der Waals surface area contributed by atoms with Crippen LogP contribution in [0.25, 0.3) is 0 Å². The molecule has 1 heterocycles. The fraction of sp³-hybridized carbons (Fsp3) is 0.545.